The summed E-state index contributed by atoms with van der Waals surface area (Å²) in [5.74, 6) is -0.345. The molecule has 1 aromatic carbocycles. The van der Waals surface area contributed by atoms with Crippen LogP contribution in [-0.4, -0.2) is 10.9 Å². The molecule has 0 aliphatic rings. The van der Waals surface area contributed by atoms with Crippen LogP contribution in [0.1, 0.15) is 16.1 Å². The van der Waals surface area contributed by atoms with Crippen LogP contribution in [0.3, 0.4) is 0 Å². The van der Waals surface area contributed by atoms with Crippen molar-refractivity contribution in [2.45, 2.75) is 0 Å². The minimum atomic E-state index is -0.345. The summed E-state index contributed by atoms with van der Waals surface area (Å²) in [7, 11) is 0. The maximum Gasteiger partial charge on any atom is 0.274 e. The van der Waals surface area contributed by atoms with Crippen molar-refractivity contribution in [3.05, 3.63) is 58.9 Å². The first-order valence-corrected chi connectivity index (χ1v) is 5.50. The number of rotatable bonds is 2. The number of nitriles is 1. The summed E-state index contributed by atoms with van der Waals surface area (Å²) < 4.78 is 0. The highest BCUT2D eigenvalue weighted by molar-refractivity contribution is 6.34. The number of anilines is 1. The molecule has 18 heavy (non-hydrogen) atoms. The Bertz CT molecular complexity index is 620. The molecule has 0 atom stereocenters. The summed E-state index contributed by atoms with van der Waals surface area (Å²) in [6, 6.07) is 11.7. The average molecular weight is 258 g/mol. The second kappa shape index (κ2) is 5.30. The van der Waals surface area contributed by atoms with Gasteiger partial charge in [-0.1, -0.05) is 17.7 Å². The van der Waals surface area contributed by atoms with Crippen LogP contribution in [0.4, 0.5) is 5.69 Å². The standard InChI is InChI=1S/C13H8ClN3O/c14-10-7-9(8-15)4-5-11(10)17-13(18)12-3-1-2-6-16-12/h1-7H,(H,17,18). The third-order valence-corrected chi connectivity index (χ3v) is 2.56. The Balaban J connectivity index is 2.20. The number of benzene rings is 1. The highest BCUT2D eigenvalue weighted by Gasteiger charge is 2.09. The van der Waals surface area contributed by atoms with Crippen LogP contribution in [0.5, 0.6) is 0 Å². The van der Waals surface area contributed by atoms with E-state index in [1.165, 1.54) is 12.3 Å². The van der Waals surface area contributed by atoms with Gasteiger partial charge < -0.3 is 5.32 Å². The largest absolute Gasteiger partial charge is 0.319 e. The van der Waals surface area contributed by atoms with Gasteiger partial charge in [0.2, 0.25) is 0 Å². The lowest BCUT2D eigenvalue weighted by Crippen LogP contribution is -2.13. The lowest BCUT2D eigenvalue weighted by atomic mass is 10.2. The summed E-state index contributed by atoms with van der Waals surface area (Å²) in [4.78, 5) is 15.8. The molecule has 1 N–H and O–H groups in total. The van der Waals surface area contributed by atoms with Crippen molar-refractivity contribution in [2.24, 2.45) is 0 Å². The van der Waals surface area contributed by atoms with Crippen LogP contribution < -0.4 is 5.32 Å². The Kier molecular flexibility index (Phi) is 3.56. The van der Waals surface area contributed by atoms with E-state index >= 15 is 0 Å². The second-order valence-electron chi connectivity index (χ2n) is 3.48. The number of pyridine rings is 1. The molecule has 5 heteroatoms. The zero-order chi connectivity index (χ0) is 13.0. The third kappa shape index (κ3) is 2.65. The van der Waals surface area contributed by atoms with Gasteiger partial charge in [-0.15, -0.1) is 0 Å². The summed E-state index contributed by atoms with van der Waals surface area (Å²) in [5, 5.41) is 11.7. The monoisotopic (exact) mass is 257 g/mol. The molecular weight excluding hydrogens is 250 g/mol. The van der Waals surface area contributed by atoms with Crippen LogP contribution in [0.2, 0.25) is 5.02 Å². The summed E-state index contributed by atoms with van der Waals surface area (Å²) in [5.41, 5.74) is 1.19. The highest BCUT2D eigenvalue weighted by Crippen LogP contribution is 2.23. The van der Waals surface area contributed by atoms with Crippen LogP contribution in [0, 0.1) is 11.3 Å². The molecule has 0 saturated heterocycles. The first kappa shape index (κ1) is 12.1. The first-order valence-electron chi connectivity index (χ1n) is 5.13. The molecule has 4 nitrogen and oxygen atoms in total. The Morgan fingerprint density at radius 3 is 2.78 bits per heavy atom. The minimum absolute atomic E-state index is 0.304. The quantitative estimate of drug-likeness (QED) is 0.900. The molecule has 88 valence electrons. The number of nitrogens with one attached hydrogen (secondary N) is 1. The molecule has 0 spiro atoms. The molecule has 0 radical (unpaired) electrons. The number of hydrogen-bond donors (Lipinski definition) is 1. The first-order chi connectivity index (χ1) is 8.70. The van der Waals surface area contributed by atoms with Gasteiger partial charge in [-0.25, -0.2) is 0 Å². The van der Waals surface area contributed by atoms with Gasteiger partial charge in [0.25, 0.3) is 5.91 Å². The summed E-state index contributed by atoms with van der Waals surface area (Å²) in [6.45, 7) is 0. The molecule has 1 aromatic heterocycles. The zero-order valence-electron chi connectivity index (χ0n) is 9.22. The van der Waals surface area contributed by atoms with Crippen LogP contribution in [0.25, 0.3) is 0 Å². The zero-order valence-corrected chi connectivity index (χ0v) is 9.98. The number of nitrogens with zero attached hydrogens (tertiary/aromatic N) is 2. The smallest absolute Gasteiger partial charge is 0.274 e. The number of hydrogen-bond acceptors (Lipinski definition) is 3. The van der Waals surface area contributed by atoms with Crippen molar-refractivity contribution in [3.63, 3.8) is 0 Å². The normalized spacial score (nSPS) is 9.56. The van der Waals surface area contributed by atoms with E-state index in [-0.39, 0.29) is 5.91 Å². The SMILES string of the molecule is N#Cc1ccc(NC(=O)c2ccccn2)c(Cl)c1. The lowest BCUT2D eigenvalue weighted by Gasteiger charge is -2.06. The van der Waals surface area contributed by atoms with E-state index in [9.17, 15) is 4.79 Å². The third-order valence-electron chi connectivity index (χ3n) is 2.24. The Labute approximate surface area is 109 Å². The molecule has 0 fully saturated rings. The molecule has 1 amide bonds. The molecule has 0 saturated carbocycles. The van der Waals surface area contributed by atoms with Gasteiger partial charge in [0, 0.05) is 6.20 Å². The van der Waals surface area contributed by atoms with Gasteiger partial charge in [0.05, 0.1) is 22.3 Å². The fourth-order valence-electron chi connectivity index (χ4n) is 1.37. The van der Waals surface area contributed by atoms with Gasteiger partial charge >= 0.3 is 0 Å². The molecule has 0 bridgehead atoms. The predicted octanol–water partition coefficient (Wildman–Crippen LogP) is 2.86. The van der Waals surface area contributed by atoms with E-state index in [0.717, 1.165) is 0 Å². The van der Waals surface area contributed by atoms with Crippen LogP contribution in [0.15, 0.2) is 42.6 Å². The maximum absolute atomic E-state index is 11.8. The Morgan fingerprint density at radius 2 is 2.17 bits per heavy atom. The van der Waals surface area contributed by atoms with Crippen molar-refractivity contribution in [3.8, 4) is 6.07 Å². The second-order valence-corrected chi connectivity index (χ2v) is 3.88. The molecule has 0 aliphatic carbocycles. The maximum atomic E-state index is 11.8. The predicted molar refractivity (Wildman–Crippen MR) is 68.4 cm³/mol. The van der Waals surface area contributed by atoms with E-state index < -0.39 is 0 Å². The van der Waals surface area contributed by atoms with E-state index in [1.54, 1.807) is 30.3 Å². The molecule has 0 unspecified atom stereocenters. The van der Waals surface area contributed by atoms with Crippen molar-refractivity contribution in [1.29, 1.82) is 5.26 Å². The summed E-state index contributed by atoms with van der Waals surface area (Å²) >= 11 is 5.95. The summed E-state index contributed by atoms with van der Waals surface area (Å²) in [6.07, 6.45) is 1.54. The molecule has 1 heterocycles. The van der Waals surface area contributed by atoms with Crippen molar-refractivity contribution in [2.75, 3.05) is 5.32 Å². The van der Waals surface area contributed by atoms with E-state index in [1.807, 2.05) is 6.07 Å². The Hall–Kier alpha value is -2.38. The number of halogens is 1. The van der Waals surface area contributed by atoms with Gasteiger partial charge in [-0.05, 0) is 30.3 Å². The molecule has 2 rings (SSSR count). The van der Waals surface area contributed by atoms with Crippen LogP contribution >= 0.6 is 11.6 Å². The number of carbonyl (C=O) groups is 1. The number of amides is 1. The van der Waals surface area contributed by atoms with Crippen molar-refractivity contribution >= 4 is 23.2 Å². The van der Waals surface area contributed by atoms with Gasteiger partial charge in [0.15, 0.2) is 0 Å². The Morgan fingerprint density at radius 1 is 1.33 bits per heavy atom. The topological polar surface area (TPSA) is 65.8 Å². The van der Waals surface area contributed by atoms with Crippen molar-refractivity contribution in [1.82, 2.24) is 4.98 Å². The van der Waals surface area contributed by atoms with E-state index in [2.05, 4.69) is 10.3 Å². The van der Waals surface area contributed by atoms with Crippen molar-refractivity contribution < 1.29 is 4.79 Å². The number of aromatic nitrogens is 1. The fourth-order valence-corrected chi connectivity index (χ4v) is 1.60. The molecular formula is C13H8ClN3O. The van der Waals surface area contributed by atoms with Gasteiger partial charge in [-0.3, -0.25) is 9.78 Å². The number of carbonyl (C=O) groups excluding carboxylic acids is 1. The molecule has 0 aliphatic heterocycles. The minimum Gasteiger partial charge on any atom is -0.319 e. The highest BCUT2D eigenvalue weighted by atomic mass is 35.5. The van der Waals surface area contributed by atoms with Gasteiger partial charge in [-0.2, -0.15) is 5.26 Å². The lowest BCUT2D eigenvalue weighted by molar-refractivity contribution is 0.102. The van der Waals surface area contributed by atoms with E-state index in [0.29, 0.717) is 22.0 Å². The van der Waals surface area contributed by atoms with Crippen LogP contribution in [-0.2, 0) is 0 Å². The molecule has 2 aromatic rings. The average Bonchev–Trinajstić information content (AvgIpc) is 2.42. The van der Waals surface area contributed by atoms with Gasteiger partial charge in [0.1, 0.15) is 5.69 Å². The van der Waals surface area contributed by atoms with E-state index in [4.69, 9.17) is 16.9 Å². The fraction of sp³-hybridized carbons (Fsp3) is 0.